The van der Waals surface area contributed by atoms with Crippen molar-refractivity contribution in [3.05, 3.63) is 34.9 Å². The third-order valence-electron chi connectivity index (χ3n) is 3.02. The van der Waals surface area contributed by atoms with Crippen LogP contribution in [0.3, 0.4) is 0 Å². The zero-order chi connectivity index (χ0) is 12.7. The normalized spacial score (nSPS) is 11.1. The summed E-state index contributed by atoms with van der Waals surface area (Å²) in [5.41, 5.74) is 4.20. The van der Waals surface area contributed by atoms with E-state index in [0.29, 0.717) is 6.04 Å². The molecule has 0 radical (unpaired) electrons. The van der Waals surface area contributed by atoms with Crippen LogP contribution in [0.15, 0.2) is 18.2 Å². The van der Waals surface area contributed by atoms with E-state index in [1.54, 1.807) is 0 Å². The quantitative estimate of drug-likeness (QED) is 0.708. The van der Waals surface area contributed by atoms with Gasteiger partial charge >= 0.3 is 0 Å². The highest BCUT2D eigenvalue weighted by Gasteiger charge is 1.96. The number of rotatable bonds is 7. The minimum Gasteiger partial charge on any atom is -0.315 e. The molecule has 2 heteroatoms. The zero-order valence-electron chi connectivity index (χ0n) is 11.6. The molecule has 2 nitrogen and oxygen atoms in total. The molecule has 0 aliphatic rings. The highest BCUT2D eigenvalue weighted by atomic mass is 14.9. The van der Waals surface area contributed by atoms with Crippen LogP contribution < -0.4 is 10.6 Å². The average molecular weight is 234 g/mol. The molecular formula is C15H26N2. The molecule has 1 aromatic rings. The molecule has 0 heterocycles. The van der Waals surface area contributed by atoms with Crippen molar-refractivity contribution < 1.29 is 0 Å². The number of hydrogen-bond acceptors (Lipinski definition) is 2. The van der Waals surface area contributed by atoms with Gasteiger partial charge in [-0.3, -0.25) is 0 Å². The molecule has 96 valence electrons. The predicted octanol–water partition coefficient (Wildman–Crippen LogP) is 2.43. The third kappa shape index (κ3) is 5.85. The molecule has 17 heavy (non-hydrogen) atoms. The van der Waals surface area contributed by atoms with E-state index in [-0.39, 0.29) is 0 Å². The zero-order valence-corrected chi connectivity index (χ0v) is 11.6. The van der Waals surface area contributed by atoms with E-state index in [2.05, 4.69) is 56.5 Å². The summed E-state index contributed by atoms with van der Waals surface area (Å²) < 4.78 is 0. The standard InChI is InChI=1S/C15H26N2/c1-12(2)17-10-9-16-8-7-15-6-5-13(3)14(4)11-15/h5-6,11-12,16-17H,7-10H2,1-4H3. The van der Waals surface area contributed by atoms with Gasteiger partial charge in [0.05, 0.1) is 0 Å². The van der Waals surface area contributed by atoms with Gasteiger partial charge < -0.3 is 10.6 Å². The summed E-state index contributed by atoms with van der Waals surface area (Å²) in [6.07, 6.45) is 1.11. The first-order valence-electron chi connectivity index (χ1n) is 6.60. The van der Waals surface area contributed by atoms with Gasteiger partial charge in [-0.2, -0.15) is 0 Å². The Hall–Kier alpha value is -0.860. The highest BCUT2D eigenvalue weighted by Crippen LogP contribution is 2.09. The Balaban J connectivity index is 2.16. The van der Waals surface area contributed by atoms with Gasteiger partial charge in [-0.05, 0) is 43.5 Å². The minimum absolute atomic E-state index is 0.580. The van der Waals surface area contributed by atoms with Crippen molar-refractivity contribution in [1.82, 2.24) is 10.6 Å². The van der Waals surface area contributed by atoms with Gasteiger partial charge in [-0.1, -0.05) is 32.0 Å². The third-order valence-corrected chi connectivity index (χ3v) is 3.02. The smallest absolute Gasteiger partial charge is 0.00790 e. The maximum Gasteiger partial charge on any atom is 0.00790 e. The van der Waals surface area contributed by atoms with E-state index in [4.69, 9.17) is 0 Å². The molecule has 0 aliphatic carbocycles. The van der Waals surface area contributed by atoms with Gasteiger partial charge in [0.2, 0.25) is 0 Å². The lowest BCUT2D eigenvalue weighted by atomic mass is 10.0. The SMILES string of the molecule is Cc1ccc(CCNCCNC(C)C)cc1C. The molecule has 0 atom stereocenters. The molecule has 2 N–H and O–H groups in total. The molecule has 1 aromatic carbocycles. The molecule has 0 spiro atoms. The highest BCUT2D eigenvalue weighted by molar-refractivity contribution is 5.29. The number of benzene rings is 1. The summed E-state index contributed by atoms with van der Waals surface area (Å²) in [4.78, 5) is 0. The van der Waals surface area contributed by atoms with E-state index < -0.39 is 0 Å². The molecule has 0 fully saturated rings. The summed E-state index contributed by atoms with van der Waals surface area (Å²) in [6, 6.07) is 7.32. The lowest BCUT2D eigenvalue weighted by molar-refractivity contribution is 0.556. The van der Waals surface area contributed by atoms with Crippen LogP contribution in [0.4, 0.5) is 0 Å². The fraction of sp³-hybridized carbons (Fsp3) is 0.600. The van der Waals surface area contributed by atoms with Crippen molar-refractivity contribution in [3.8, 4) is 0 Å². The predicted molar refractivity (Wildman–Crippen MR) is 75.6 cm³/mol. The number of nitrogens with one attached hydrogen (secondary N) is 2. The van der Waals surface area contributed by atoms with Crippen LogP contribution in [0.2, 0.25) is 0 Å². The van der Waals surface area contributed by atoms with Gasteiger partial charge in [0.15, 0.2) is 0 Å². The maximum absolute atomic E-state index is 3.46. The molecule has 0 amide bonds. The van der Waals surface area contributed by atoms with E-state index in [0.717, 1.165) is 26.1 Å². The molecular weight excluding hydrogens is 208 g/mol. The minimum atomic E-state index is 0.580. The average Bonchev–Trinajstić information content (AvgIpc) is 2.27. The van der Waals surface area contributed by atoms with Crippen molar-refractivity contribution in [3.63, 3.8) is 0 Å². The van der Waals surface area contributed by atoms with Crippen molar-refractivity contribution in [1.29, 1.82) is 0 Å². The fourth-order valence-corrected chi connectivity index (χ4v) is 1.77. The summed E-state index contributed by atoms with van der Waals surface area (Å²) in [5, 5.41) is 6.86. The van der Waals surface area contributed by atoms with Crippen molar-refractivity contribution in [2.75, 3.05) is 19.6 Å². The van der Waals surface area contributed by atoms with Gasteiger partial charge in [0.1, 0.15) is 0 Å². The summed E-state index contributed by atoms with van der Waals surface area (Å²) in [5.74, 6) is 0. The van der Waals surface area contributed by atoms with Crippen LogP contribution in [-0.2, 0) is 6.42 Å². The molecule has 0 bridgehead atoms. The van der Waals surface area contributed by atoms with Crippen LogP contribution >= 0.6 is 0 Å². The van der Waals surface area contributed by atoms with E-state index in [1.807, 2.05) is 0 Å². The largest absolute Gasteiger partial charge is 0.315 e. The Morgan fingerprint density at radius 3 is 2.41 bits per heavy atom. The molecule has 0 saturated carbocycles. The number of aryl methyl sites for hydroxylation is 2. The van der Waals surface area contributed by atoms with Crippen LogP contribution in [0.25, 0.3) is 0 Å². The fourth-order valence-electron chi connectivity index (χ4n) is 1.77. The van der Waals surface area contributed by atoms with E-state index in [1.165, 1.54) is 16.7 Å². The Kier molecular flexibility index (Phi) is 6.23. The molecule has 0 unspecified atom stereocenters. The van der Waals surface area contributed by atoms with Crippen molar-refractivity contribution in [2.45, 2.75) is 40.2 Å². The van der Waals surface area contributed by atoms with E-state index >= 15 is 0 Å². The summed E-state index contributed by atoms with van der Waals surface area (Å²) in [7, 11) is 0. The van der Waals surface area contributed by atoms with Gasteiger partial charge in [-0.15, -0.1) is 0 Å². The lowest BCUT2D eigenvalue weighted by Crippen LogP contribution is -2.32. The topological polar surface area (TPSA) is 24.1 Å². The first-order chi connectivity index (χ1) is 8.09. The van der Waals surface area contributed by atoms with E-state index in [9.17, 15) is 0 Å². The van der Waals surface area contributed by atoms with Crippen molar-refractivity contribution >= 4 is 0 Å². The molecule has 1 rings (SSSR count). The molecule has 0 aliphatic heterocycles. The van der Waals surface area contributed by atoms with Crippen LogP contribution in [0, 0.1) is 13.8 Å². The first kappa shape index (κ1) is 14.2. The maximum atomic E-state index is 3.46. The second kappa shape index (κ2) is 7.46. The van der Waals surface area contributed by atoms with Gasteiger partial charge in [0, 0.05) is 19.1 Å². The molecule has 0 saturated heterocycles. The van der Waals surface area contributed by atoms with Crippen LogP contribution in [-0.4, -0.2) is 25.7 Å². The van der Waals surface area contributed by atoms with Crippen molar-refractivity contribution in [2.24, 2.45) is 0 Å². The van der Waals surface area contributed by atoms with Gasteiger partial charge in [-0.25, -0.2) is 0 Å². The van der Waals surface area contributed by atoms with Crippen LogP contribution in [0.5, 0.6) is 0 Å². The first-order valence-corrected chi connectivity index (χ1v) is 6.60. The Morgan fingerprint density at radius 2 is 1.76 bits per heavy atom. The van der Waals surface area contributed by atoms with Crippen LogP contribution in [0.1, 0.15) is 30.5 Å². The van der Waals surface area contributed by atoms with Gasteiger partial charge in [0.25, 0.3) is 0 Å². The monoisotopic (exact) mass is 234 g/mol. The number of hydrogen-bond donors (Lipinski definition) is 2. The Bertz CT molecular complexity index is 332. The summed E-state index contributed by atoms with van der Waals surface area (Å²) >= 11 is 0. The molecule has 0 aromatic heterocycles. The lowest BCUT2D eigenvalue weighted by Gasteiger charge is -2.09. The Labute approximate surface area is 106 Å². The Morgan fingerprint density at radius 1 is 1.00 bits per heavy atom. The summed E-state index contributed by atoms with van der Waals surface area (Å²) in [6.45, 7) is 11.8. The second-order valence-electron chi connectivity index (χ2n) is 5.03. The second-order valence-corrected chi connectivity index (χ2v) is 5.03.